The molecular formula is C9H14FN. The number of hydrogen-bond acceptors (Lipinski definition) is 1. The smallest absolute Gasteiger partial charge is 0.210 e. The van der Waals surface area contributed by atoms with E-state index < -0.39 is 5.97 Å². The lowest BCUT2D eigenvalue weighted by atomic mass is 10.3. The first-order valence-corrected chi connectivity index (χ1v) is 3.53. The first-order valence-electron chi connectivity index (χ1n) is 3.53. The second-order valence-electron chi connectivity index (χ2n) is 2.69. The largest absolute Gasteiger partial charge is 0.254 e. The van der Waals surface area contributed by atoms with E-state index in [1.165, 1.54) is 0 Å². The third-order valence-electron chi connectivity index (χ3n) is 1.08. The van der Waals surface area contributed by atoms with Crippen molar-refractivity contribution >= 4 is 5.97 Å². The zero-order chi connectivity index (χ0) is 8.85. The van der Waals surface area contributed by atoms with Crippen LogP contribution in [0.5, 0.6) is 0 Å². The van der Waals surface area contributed by atoms with Crippen LogP contribution >= 0.6 is 0 Å². The van der Waals surface area contributed by atoms with Crippen molar-refractivity contribution in [3.63, 3.8) is 0 Å². The highest BCUT2D eigenvalue weighted by atomic mass is 19.1. The Hall–Kier alpha value is -0.920. The summed E-state index contributed by atoms with van der Waals surface area (Å²) in [6.07, 6.45) is 1.86. The average molecular weight is 155 g/mol. The molecular weight excluding hydrogens is 141 g/mol. The molecule has 0 amide bonds. The highest BCUT2D eigenvalue weighted by molar-refractivity contribution is 5.91. The molecule has 0 aliphatic carbocycles. The van der Waals surface area contributed by atoms with Gasteiger partial charge in [0, 0.05) is 0 Å². The average Bonchev–Trinajstić information content (AvgIpc) is 1.86. The van der Waals surface area contributed by atoms with Crippen LogP contribution in [0.3, 0.4) is 0 Å². The molecule has 0 rings (SSSR count). The summed E-state index contributed by atoms with van der Waals surface area (Å²) in [6.45, 7) is 9.33. The van der Waals surface area contributed by atoms with Gasteiger partial charge >= 0.3 is 0 Å². The molecule has 0 aliphatic rings. The summed E-state index contributed by atoms with van der Waals surface area (Å²) in [5, 5.41) is 0. The summed E-state index contributed by atoms with van der Waals surface area (Å²) in [4.78, 5) is 3.64. The molecule has 0 aromatic heterocycles. The number of halogens is 1. The molecule has 0 unspecified atom stereocenters. The van der Waals surface area contributed by atoms with Gasteiger partial charge in [0.15, 0.2) is 0 Å². The highest BCUT2D eigenvalue weighted by Gasteiger charge is 1.93. The van der Waals surface area contributed by atoms with E-state index in [4.69, 9.17) is 0 Å². The standard InChI is InChI=1S/C9H14FN/c1-7(2)5-6-11-9(10)8(3)4/h5H,3,6H2,1-2,4H3/b11-9+. The lowest BCUT2D eigenvalue weighted by Crippen LogP contribution is -1.90. The molecule has 62 valence electrons. The summed E-state index contributed by atoms with van der Waals surface area (Å²) < 4.78 is 12.6. The zero-order valence-electron chi connectivity index (χ0n) is 7.32. The van der Waals surface area contributed by atoms with E-state index in [0.717, 1.165) is 5.57 Å². The molecule has 2 heteroatoms. The van der Waals surface area contributed by atoms with E-state index in [0.29, 0.717) is 12.1 Å². The topological polar surface area (TPSA) is 12.4 Å². The fourth-order valence-corrected chi connectivity index (χ4v) is 0.443. The number of rotatable bonds is 3. The molecule has 0 radical (unpaired) electrons. The minimum atomic E-state index is -0.456. The second kappa shape index (κ2) is 4.83. The molecule has 0 saturated heterocycles. The lowest BCUT2D eigenvalue weighted by molar-refractivity contribution is 0.795. The quantitative estimate of drug-likeness (QED) is 0.439. The van der Waals surface area contributed by atoms with Gasteiger partial charge in [0.1, 0.15) is 0 Å². The summed E-state index contributed by atoms with van der Waals surface area (Å²) in [5.74, 6) is -0.456. The van der Waals surface area contributed by atoms with Crippen LogP contribution < -0.4 is 0 Å². The van der Waals surface area contributed by atoms with E-state index in [1.54, 1.807) is 6.92 Å². The van der Waals surface area contributed by atoms with E-state index in [9.17, 15) is 4.39 Å². The maximum atomic E-state index is 12.6. The van der Waals surface area contributed by atoms with Crippen LogP contribution in [-0.4, -0.2) is 12.5 Å². The van der Waals surface area contributed by atoms with Gasteiger partial charge in [0.05, 0.1) is 6.54 Å². The third-order valence-corrected chi connectivity index (χ3v) is 1.08. The molecule has 0 spiro atoms. The van der Waals surface area contributed by atoms with Gasteiger partial charge in [-0.2, -0.15) is 4.39 Å². The molecule has 0 N–H and O–H groups in total. The first-order chi connectivity index (χ1) is 5.04. The minimum absolute atomic E-state index is 0.382. The molecule has 0 aromatic carbocycles. The van der Waals surface area contributed by atoms with Gasteiger partial charge in [-0.15, -0.1) is 0 Å². The number of hydrogen-bond donors (Lipinski definition) is 0. The van der Waals surface area contributed by atoms with Crippen molar-refractivity contribution in [3.05, 3.63) is 23.8 Å². The Morgan fingerprint density at radius 1 is 1.45 bits per heavy atom. The molecule has 0 atom stereocenters. The van der Waals surface area contributed by atoms with Gasteiger partial charge in [-0.25, -0.2) is 0 Å². The van der Waals surface area contributed by atoms with Crippen molar-refractivity contribution in [2.24, 2.45) is 4.99 Å². The van der Waals surface area contributed by atoms with Gasteiger partial charge in [0.25, 0.3) is 0 Å². The molecule has 0 aliphatic heterocycles. The van der Waals surface area contributed by atoms with Crippen molar-refractivity contribution in [2.45, 2.75) is 20.8 Å². The summed E-state index contributed by atoms with van der Waals surface area (Å²) in [7, 11) is 0. The van der Waals surface area contributed by atoms with Crippen LogP contribution in [0.25, 0.3) is 0 Å². The van der Waals surface area contributed by atoms with Crippen molar-refractivity contribution < 1.29 is 4.39 Å². The maximum Gasteiger partial charge on any atom is 0.210 e. The molecule has 0 heterocycles. The Morgan fingerprint density at radius 3 is 2.36 bits per heavy atom. The van der Waals surface area contributed by atoms with Crippen LogP contribution in [0.2, 0.25) is 0 Å². The van der Waals surface area contributed by atoms with E-state index >= 15 is 0 Å². The monoisotopic (exact) mass is 155 g/mol. The van der Waals surface area contributed by atoms with Crippen molar-refractivity contribution in [1.82, 2.24) is 0 Å². The molecule has 0 aromatic rings. The zero-order valence-corrected chi connectivity index (χ0v) is 7.32. The van der Waals surface area contributed by atoms with Gasteiger partial charge in [0.2, 0.25) is 5.97 Å². The second-order valence-corrected chi connectivity index (χ2v) is 2.69. The molecule has 0 saturated carbocycles. The summed E-state index contributed by atoms with van der Waals surface area (Å²) >= 11 is 0. The van der Waals surface area contributed by atoms with E-state index in [-0.39, 0.29) is 0 Å². The van der Waals surface area contributed by atoms with Crippen molar-refractivity contribution in [1.29, 1.82) is 0 Å². The van der Waals surface area contributed by atoms with Crippen LogP contribution in [0.1, 0.15) is 20.8 Å². The Kier molecular flexibility index (Phi) is 4.42. The van der Waals surface area contributed by atoms with Crippen molar-refractivity contribution in [2.75, 3.05) is 6.54 Å². The van der Waals surface area contributed by atoms with Crippen LogP contribution in [-0.2, 0) is 0 Å². The van der Waals surface area contributed by atoms with Gasteiger partial charge in [-0.05, 0) is 26.3 Å². The molecule has 1 nitrogen and oxygen atoms in total. The lowest BCUT2D eigenvalue weighted by Gasteiger charge is -1.91. The van der Waals surface area contributed by atoms with Crippen LogP contribution in [0, 0.1) is 0 Å². The Bertz CT molecular complexity index is 198. The van der Waals surface area contributed by atoms with Gasteiger partial charge in [-0.3, -0.25) is 4.99 Å². The first kappa shape index (κ1) is 10.1. The third kappa shape index (κ3) is 5.52. The van der Waals surface area contributed by atoms with Crippen LogP contribution in [0.4, 0.5) is 4.39 Å². The van der Waals surface area contributed by atoms with Gasteiger partial charge < -0.3 is 0 Å². The fraction of sp³-hybridized carbons (Fsp3) is 0.444. The van der Waals surface area contributed by atoms with Crippen LogP contribution in [0.15, 0.2) is 28.8 Å². The summed E-state index contributed by atoms with van der Waals surface area (Å²) in [6, 6.07) is 0. The molecule has 11 heavy (non-hydrogen) atoms. The van der Waals surface area contributed by atoms with Gasteiger partial charge in [-0.1, -0.05) is 18.2 Å². The number of aliphatic imine (C=N–C) groups is 1. The normalized spacial score (nSPS) is 11.1. The molecule has 0 fully saturated rings. The SMILES string of the molecule is C=C(C)/C(F)=N\CC=C(C)C. The fourth-order valence-electron chi connectivity index (χ4n) is 0.443. The minimum Gasteiger partial charge on any atom is -0.254 e. The predicted octanol–water partition coefficient (Wildman–Crippen LogP) is 2.90. The Morgan fingerprint density at radius 2 is 2.00 bits per heavy atom. The van der Waals surface area contributed by atoms with E-state index in [1.807, 2.05) is 19.9 Å². The number of allylic oxidation sites excluding steroid dienone is 2. The number of nitrogens with zero attached hydrogens (tertiary/aromatic N) is 1. The molecule has 0 bridgehead atoms. The Balaban J connectivity index is 3.94. The highest BCUT2D eigenvalue weighted by Crippen LogP contribution is 1.96. The van der Waals surface area contributed by atoms with Crippen molar-refractivity contribution in [3.8, 4) is 0 Å². The van der Waals surface area contributed by atoms with E-state index in [2.05, 4.69) is 11.6 Å². The maximum absolute atomic E-state index is 12.6. The Labute approximate surface area is 67.3 Å². The predicted molar refractivity (Wildman–Crippen MR) is 47.7 cm³/mol. The summed E-state index contributed by atoms with van der Waals surface area (Å²) in [5.41, 5.74) is 1.52.